The van der Waals surface area contributed by atoms with Crippen molar-refractivity contribution in [1.29, 1.82) is 0 Å². The zero-order valence-corrected chi connectivity index (χ0v) is 16.3. The van der Waals surface area contributed by atoms with Gasteiger partial charge in [0.25, 0.3) is 0 Å². The number of aromatic amines is 2. The summed E-state index contributed by atoms with van der Waals surface area (Å²) in [6, 6.07) is 10.7. The molecule has 0 saturated heterocycles. The molecule has 0 bridgehead atoms. The van der Waals surface area contributed by atoms with Gasteiger partial charge in [0, 0.05) is 58.6 Å². The molecule has 0 fully saturated rings. The van der Waals surface area contributed by atoms with Gasteiger partial charge in [-0.15, -0.1) is 0 Å². The van der Waals surface area contributed by atoms with Crippen molar-refractivity contribution in [2.24, 2.45) is 0 Å². The molecular weight excluding hydrogens is 374 g/mol. The molecule has 6 rings (SSSR count). The summed E-state index contributed by atoms with van der Waals surface area (Å²) in [7, 11) is 0. The maximum absolute atomic E-state index is 4.60. The number of aryl methyl sites for hydroxylation is 1. The third-order valence-electron chi connectivity index (χ3n) is 5.51. The average Bonchev–Trinajstić information content (AvgIpc) is 3.53. The molecular formula is C23H19N7. The lowest BCUT2D eigenvalue weighted by Gasteiger charge is -2.19. The third kappa shape index (κ3) is 2.63. The molecule has 0 unspecified atom stereocenters. The van der Waals surface area contributed by atoms with E-state index < -0.39 is 0 Å². The minimum Gasteiger partial charge on any atom is -0.381 e. The summed E-state index contributed by atoms with van der Waals surface area (Å²) >= 11 is 0. The number of pyridine rings is 1. The maximum Gasteiger partial charge on any atom is 0.147 e. The van der Waals surface area contributed by atoms with Crippen LogP contribution < -0.4 is 5.32 Å². The maximum atomic E-state index is 4.60. The van der Waals surface area contributed by atoms with Crippen molar-refractivity contribution in [3.63, 3.8) is 0 Å². The Morgan fingerprint density at radius 3 is 2.87 bits per heavy atom. The molecule has 30 heavy (non-hydrogen) atoms. The quantitative estimate of drug-likeness (QED) is 0.426. The summed E-state index contributed by atoms with van der Waals surface area (Å²) in [6.07, 6.45) is 11.6. The molecule has 7 nitrogen and oxygen atoms in total. The number of rotatable bonds is 3. The molecule has 146 valence electrons. The zero-order chi connectivity index (χ0) is 20.1. The van der Waals surface area contributed by atoms with Gasteiger partial charge in [-0.3, -0.25) is 9.67 Å². The van der Waals surface area contributed by atoms with Crippen LogP contribution in [0.15, 0.2) is 67.5 Å². The molecule has 7 heteroatoms. The Morgan fingerprint density at radius 1 is 1.07 bits per heavy atom. The first-order valence-corrected chi connectivity index (χ1v) is 9.83. The van der Waals surface area contributed by atoms with Gasteiger partial charge in [-0.05, 0) is 36.8 Å². The first-order chi connectivity index (χ1) is 14.8. The van der Waals surface area contributed by atoms with E-state index in [0.29, 0.717) is 0 Å². The second kappa shape index (κ2) is 6.45. The van der Waals surface area contributed by atoms with Gasteiger partial charge in [0.15, 0.2) is 0 Å². The molecule has 1 aliphatic rings. The minimum absolute atomic E-state index is 0.786. The van der Waals surface area contributed by atoms with Crippen LogP contribution in [0.1, 0.15) is 17.0 Å². The first kappa shape index (κ1) is 16.8. The van der Waals surface area contributed by atoms with E-state index in [2.05, 4.69) is 60.8 Å². The molecule has 4 aromatic heterocycles. The third-order valence-corrected chi connectivity index (χ3v) is 5.51. The largest absolute Gasteiger partial charge is 0.381 e. The lowest BCUT2D eigenvalue weighted by molar-refractivity contribution is 1.01. The van der Waals surface area contributed by atoms with Crippen molar-refractivity contribution in [1.82, 2.24) is 29.7 Å². The smallest absolute Gasteiger partial charge is 0.147 e. The molecule has 0 aliphatic carbocycles. The highest BCUT2D eigenvalue weighted by molar-refractivity contribution is 5.95. The van der Waals surface area contributed by atoms with Crippen molar-refractivity contribution in [2.75, 3.05) is 11.9 Å². The topological polar surface area (TPSA) is 87.2 Å². The minimum atomic E-state index is 0.786. The molecule has 1 aromatic carbocycles. The zero-order valence-electron chi connectivity index (χ0n) is 16.3. The van der Waals surface area contributed by atoms with Crippen LogP contribution in [-0.2, 0) is 0 Å². The highest BCUT2D eigenvalue weighted by atomic mass is 15.1. The van der Waals surface area contributed by atoms with E-state index in [4.69, 9.17) is 0 Å². The number of nitrogens with zero attached hydrogens (tertiary/aromatic N) is 4. The summed E-state index contributed by atoms with van der Waals surface area (Å²) < 4.78 is 1.97. The lowest BCUT2D eigenvalue weighted by atomic mass is 9.94. The first-order valence-electron chi connectivity index (χ1n) is 9.83. The summed E-state index contributed by atoms with van der Waals surface area (Å²) in [6.45, 7) is 2.77. The van der Waals surface area contributed by atoms with Gasteiger partial charge in [-0.1, -0.05) is 12.1 Å². The average molecular weight is 393 g/mol. The fourth-order valence-corrected chi connectivity index (χ4v) is 4.06. The van der Waals surface area contributed by atoms with E-state index >= 15 is 0 Å². The van der Waals surface area contributed by atoms with Crippen molar-refractivity contribution >= 4 is 22.2 Å². The number of H-pyrrole nitrogens is 2. The number of nitrogens with one attached hydrogen (secondary N) is 3. The Labute approximate surface area is 172 Å². The van der Waals surface area contributed by atoms with E-state index in [1.54, 1.807) is 6.33 Å². The van der Waals surface area contributed by atoms with E-state index in [0.717, 1.165) is 51.5 Å². The van der Waals surface area contributed by atoms with E-state index in [-0.39, 0.29) is 0 Å². The molecule has 5 aromatic rings. The van der Waals surface area contributed by atoms with E-state index in [9.17, 15) is 0 Å². The van der Waals surface area contributed by atoms with Gasteiger partial charge < -0.3 is 10.3 Å². The van der Waals surface area contributed by atoms with Crippen LogP contribution in [-0.4, -0.2) is 36.3 Å². The predicted molar refractivity (Wildman–Crippen MR) is 118 cm³/mol. The molecule has 0 atom stereocenters. The van der Waals surface area contributed by atoms with Crippen LogP contribution in [0.2, 0.25) is 0 Å². The van der Waals surface area contributed by atoms with Crippen molar-refractivity contribution in [3.8, 4) is 16.9 Å². The summed E-state index contributed by atoms with van der Waals surface area (Å²) in [5.41, 5.74) is 8.76. The number of imidazole rings is 1. The Bertz CT molecular complexity index is 1400. The SMILES string of the molecule is Cc1cn(-c2nccc3[nH]c(C4=CCNc5ccc(-c6cn[nH]c6)cc54)cc23)cn1. The van der Waals surface area contributed by atoms with Crippen LogP contribution in [0.4, 0.5) is 5.69 Å². The predicted octanol–water partition coefficient (Wildman–Crippen LogP) is 4.30. The van der Waals surface area contributed by atoms with Gasteiger partial charge in [0.05, 0.1) is 17.4 Å². The van der Waals surface area contributed by atoms with Crippen molar-refractivity contribution < 1.29 is 0 Å². The van der Waals surface area contributed by atoms with Crippen LogP contribution in [0.5, 0.6) is 0 Å². The number of aromatic nitrogens is 6. The molecule has 0 saturated carbocycles. The summed E-state index contributed by atoms with van der Waals surface area (Å²) in [4.78, 5) is 12.5. The fraction of sp³-hybridized carbons (Fsp3) is 0.0870. The van der Waals surface area contributed by atoms with Gasteiger partial charge in [-0.2, -0.15) is 5.10 Å². The Morgan fingerprint density at radius 2 is 2.03 bits per heavy atom. The van der Waals surface area contributed by atoms with Crippen molar-refractivity contribution in [3.05, 3.63) is 84.5 Å². The molecule has 1 aliphatic heterocycles. The molecule has 5 heterocycles. The van der Waals surface area contributed by atoms with E-state index in [1.807, 2.05) is 42.3 Å². The molecule has 0 amide bonds. The summed E-state index contributed by atoms with van der Waals surface area (Å²) in [5, 5.41) is 11.5. The van der Waals surface area contributed by atoms with E-state index in [1.165, 1.54) is 11.1 Å². The van der Waals surface area contributed by atoms with Gasteiger partial charge in [0.2, 0.25) is 0 Å². The normalized spacial score (nSPS) is 13.2. The Balaban J connectivity index is 1.49. The highest BCUT2D eigenvalue weighted by Crippen LogP contribution is 2.36. The number of fused-ring (bicyclic) bond motifs is 2. The number of hydrogen-bond donors (Lipinski definition) is 3. The van der Waals surface area contributed by atoms with Crippen LogP contribution in [0, 0.1) is 6.92 Å². The molecule has 0 radical (unpaired) electrons. The van der Waals surface area contributed by atoms with Crippen LogP contribution >= 0.6 is 0 Å². The summed E-state index contributed by atoms with van der Waals surface area (Å²) in [5.74, 6) is 0.873. The standard InChI is InChI=1S/C23H19N7/c1-14-12-30(13-26-14)23-19-9-22(29-21(19)5-7-25-23)17-4-6-24-20-3-2-15(8-18(17)20)16-10-27-28-11-16/h2-5,7-13,24,29H,6H2,1H3,(H,27,28). The van der Waals surface area contributed by atoms with Crippen LogP contribution in [0.25, 0.3) is 33.4 Å². The van der Waals surface area contributed by atoms with Gasteiger partial charge in [0.1, 0.15) is 12.1 Å². The Hall–Kier alpha value is -4.13. The second-order valence-electron chi connectivity index (χ2n) is 7.45. The fourth-order valence-electron chi connectivity index (χ4n) is 4.06. The number of hydrogen-bond acceptors (Lipinski definition) is 4. The van der Waals surface area contributed by atoms with Gasteiger partial charge >= 0.3 is 0 Å². The van der Waals surface area contributed by atoms with Crippen molar-refractivity contribution in [2.45, 2.75) is 6.92 Å². The highest BCUT2D eigenvalue weighted by Gasteiger charge is 2.18. The number of anilines is 1. The number of benzene rings is 1. The monoisotopic (exact) mass is 393 g/mol. The van der Waals surface area contributed by atoms with Crippen LogP contribution in [0.3, 0.4) is 0 Å². The van der Waals surface area contributed by atoms with Gasteiger partial charge in [-0.25, -0.2) is 9.97 Å². The molecule has 0 spiro atoms. The molecule has 3 N–H and O–H groups in total. The Kier molecular flexibility index (Phi) is 3.61. The second-order valence-corrected chi connectivity index (χ2v) is 7.45. The lowest BCUT2D eigenvalue weighted by Crippen LogP contribution is -2.09.